The van der Waals surface area contributed by atoms with Crippen molar-refractivity contribution in [1.82, 2.24) is 5.32 Å². The monoisotopic (exact) mass is 250 g/mol. The van der Waals surface area contributed by atoms with Crippen molar-refractivity contribution in [2.45, 2.75) is 12.5 Å². The van der Waals surface area contributed by atoms with Gasteiger partial charge < -0.3 is 5.32 Å². The van der Waals surface area contributed by atoms with Crippen LogP contribution in [0.15, 0.2) is 22.7 Å². The van der Waals surface area contributed by atoms with Crippen molar-refractivity contribution in [1.29, 1.82) is 5.26 Å². The van der Waals surface area contributed by atoms with Crippen LogP contribution >= 0.6 is 15.9 Å². The van der Waals surface area contributed by atoms with Gasteiger partial charge in [0.1, 0.15) is 6.04 Å². The van der Waals surface area contributed by atoms with Crippen LogP contribution in [-0.4, -0.2) is 11.9 Å². The first-order chi connectivity index (χ1) is 6.70. The largest absolute Gasteiger partial charge is 0.336 e. The number of carbonyl (C=O) groups excluding carboxylic acids is 1. The minimum Gasteiger partial charge on any atom is -0.336 e. The normalized spacial score (nSPS) is 19.4. The second-order valence-corrected chi connectivity index (χ2v) is 4.08. The molecule has 0 saturated carbocycles. The van der Waals surface area contributed by atoms with Crippen molar-refractivity contribution in [3.8, 4) is 6.07 Å². The predicted molar refractivity (Wildman–Crippen MR) is 54.7 cm³/mol. The Morgan fingerprint density at radius 1 is 1.57 bits per heavy atom. The zero-order valence-electron chi connectivity index (χ0n) is 7.25. The van der Waals surface area contributed by atoms with Gasteiger partial charge in [0.05, 0.1) is 6.07 Å². The van der Waals surface area contributed by atoms with E-state index in [4.69, 9.17) is 5.26 Å². The van der Waals surface area contributed by atoms with Gasteiger partial charge in [0.15, 0.2) is 0 Å². The fraction of sp³-hybridized carbons (Fsp3) is 0.200. The molecule has 1 unspecified atom stereocenters. The van der Waals surface area contributed by atoms with Crippen LogP contribution in [0.2, 0.25) is 0 Å². The molecular formula is C10H7BrN2O. The number of hydrogen-bond acceptors (Lipinski definition) is 2. The molecule has 1 N–H and O–H groups in total. The van der Waals surface area contributed by atoms with Gasteiger partial charge in [-0.25, -0.2) is 0 Å². The predicted octanol–water partition coefficient (Wildman–Crippen LogP) is 1.63. The number of nitrogens with zero attached hydrogens (tertiary/aromatic N) is 1. The van der Waals surface area contributed by atoms with E-state index in [2.05, 4.69) is 21.2 Å². The summed E-state index contributed by atoms with van der Waals surface area (Å²) in [6, 6.07) is 7.13. The number of rotatable bonds is 0. The molecule has 70 valence electrons. The molecule has 4 heteroatoms. The number of amides is 1. The Hall–Kier alpha value is -1.34. The van der Waals surface area contributed by atoms with Crippen molar-refractivity contribution in [3.05, 3.63) is 33.8 Å². The lowest BCUT2D eigenvalue weighted by molar-refractivity contribution is 0.0935. The molecule has 0 aromatic heterocycles. The van der Waals surface area contributed by atoms with Gasteiger partial charge in [0.2, 0.25) is 0 Å². The van der Waals surface area contributed by atoms with Crippen LogP contribution in [0.3, 0.4) is 0 Å². The lowest BCUT2D eigenvalue weighted by Gasteiger charge is -2.20. The molecule has 0 bridgehead atoms. The number of nitrogens with one attached hydrogen (secondary N) is 1. The third-order valence-electron chi connectivity index (χ3n) is 2.20. The molecule has 3 nitrogen and oxygen atoms in total. The summed E-state index contributed by atoms with van der Waals surface area (Å²) in [4.78, 5) is 11.5. The van der Waals surface area contributed by atoms with Crippen LogP contribution < -0.4 is 5.32 Å². The Morgan fingerprint density at radius 3 is 3.07 bits per heavy atom. The average molecular weight is 251 g/mol. The van der Waals surface area contributed by atoms with Crippen molar-refractivity contribution < 1.29 is 4.79 Å². The highest BCUT2D eigenvalue weighted by molar-refractivity contribution is 9.10. The maximum absolute atomic E-state index is 11.5. The molecule has 2 rings (SSSR count). The Labute approximate surface area is 89.9 Å². The van der Waals surface area contributed by atoms with Crippen LogP contribution in [0.5, 0.6) is 0 Å². The SMILES string of the molecule is N#CC1Cc2cc(Br)ccc2C(=O)N1. The summed E-state index contributed by atoms with van der Waals surface area (Å²) in [5.41, 5.74) is 1.59. The number of fused-ring (bicyclic) bond motifs is 1. The minimum absolute atomic E-state index is 0.162. The van der Waals surface area contributed by atoms with E-state index in [1.54, 1.807) is 6.07 Å². The Morgan fingerprint density at radius 2 is 2.36 bits per heavy atom. The van der Waals surface area contributed by atoms with Crippen LogP contribution in [0.25, 0.3) is 0 Å². The van der Waals surface area contributed by atoms with Crippen LogP contribution in [-0.2, 0) is 6.42 Å². The number of halogens is 1. The Bertz CT molecular complexity index is 436. The summed E-state index contributed by atoms with van der Waals surface area (Å²) in [6.07, 6.45) is 0.580. The molecule has 14 heavy (non-hydrogen) atoms. The smallest absolute Gasteiger partial charge is 0.252 e. The van der Waals surface area contributed by atoms with Crippen molar-refractivity contribution >= 4 is 21.8 Å². The molecule has 1 heterocycles. The highest BCUT2D eigenvalue weighted by Crippen LogP contribution is 2.21. The maximum Gasteiger partial charge on any atom is 0.252 e. The lowest BCUT2D eigenvalue weighted by Crippen LogP contribution is -2.40. The van der Waals surface area contributed by atoms with Gasteiger partial charge in [-0.15, -0.1) is 0 Å². The van der Waals surface area contributed by atoms with E-state index in [-0.39, 0.29) is 5.91 Å². The fourth-order valence-corrected chi connectivity index (χ4v) is 1.95. The molecule has 1 aliphatic rings. The number of benzene rings is 1. The summed E-state index contributed by atoms with van der Waals surface area (Å²) in [6.45, 7) is 0. The first kappa shape index (κ1) is 9.22. The molecule has 0 fully saturated rings. The van der Waals surface area contributed by atoms with Gasteiger partial charge in [0, 0.05) is 16.5 Å². The first-order valence-corrected chi connectivity index (χ1v) is 4.99. The third-order valence-corrected chi connectivity index (χ3v) is 2.69. The standard InChI is InChI=1S/C10H7BrN2O/c11-7-1-2-9-6(3-7)4-8(5-12)13-10(9)14/h1-3,8H,4H2,(H,13,14). The first-order valence-electron chi connectivity index (χ1n) is 4.19. The van der Waals surface area contributed by atoms with Crippen LogP contribution in [0.1, 0.15) is 15.9 Å². The highest BCUT2D eigenvalue weighted by Gasteiger charge is 2.23. The summed E-state index contributed by atoms with van der Waals surface area (Å²) in [5.74, 6) is -0.162. The maximum atomic E-state index is 11.5. The highest BCUT2D eigenvalue weighted by atomic mass is 79.9. The van der Waals surface area contributed by atoms with Crippen LogP contribution in [0, 0.1) is 11.3 Å². The number of carbonyl (C=O) groups is 1. The molecule has 1 aromatic rings. The van der Waals surface area contributed by atoms with Crippen LogP contribution in [0.4, 0.5) is 0 Å². The van der Waals surface area contributed by atoms with E-state index in [1.165, 1.54) is 0 Å². The molecule has 1 atom stereocenters. The van der Waals surface area contributed by atoms with E-state index >= 15 is 0 Å². The zero-order valence-corrected chi connectivity index (χ0v) is 8.84. The van der Waals surface area contributed by atoms with Gasteiger partial charge in [-0.1, -0.05) is 15.9 Å². The second kappa shape index (κ2) is 3.43. The topological polar surface area (TPSA) is 52.9 Å². The molecule has 0 radical (unpaired) electrons. The summed E-state index contributed by atoms with van der Waals surface area (Å²) < 4.78 is 0.933. The molecule has 1 aliphatic heterocycles. The van der Waals surface area contributed by atoms with E-state index in [0.717, 1.165) is 10.0 Å². The lowest BCUT2D eigenvalue weighted by atomic mass is 9.96. The summed E-state index contributed by atoms with van der Waals surface area (Å²) >= 11 is 3.34. The van der Waals surface area contributed by atoms with E-state index in [9.17, 15) is 4.79 Å². The number of hydrogen-bond donors (Lipinski definition) is 1. The van der Waals surface area contributed by atoms with Crippen molar-refractivity contribution in [3.63, 3.8) is 0 Å². The van der Waals surface area contributed by atoms with Crippen molar-refractivity contribution in [2.75, 3.05) is 0 Å². The summed E-state index contributed by atoms with van der Waals surface area (Å²) in [7, 11) is 0. The summed E-state index contributed by atoms with van der Waals surface area (Å²) in [5, 5.41) is 11.4. The molecule has 1 aromatic carbocycles. The zero-order chi connectivity index (χ0) is 10.1. The molecule has 0 spiro atoms. The van der Waals surface area contributed by atoms with Gasteiger partial charge in [-0.05, 0) is 23.8 Å². The van der Waals surface area contributed by atoms with Gasteiger partial charge in [-0.2, -0.15) is 5.26 Å². The molecular weight excluding hydrogens is 244 g/mol. The van der Waals surface area contributed by atoms with Gasteiger partial charge >= 0.3 is 0 Å². The van der Waals surface area contributed by atoms with Gasteiger partial charge in [0.25, 0.3) is 5.91 Å². The minimum atomic E-state index is -0.399. The molecule has 0 saturated heterocycles. The quantitative estimate of drug-likeness (QED) is 0.761. The van der Waals surface area contributed by atoms with E-state index in [1.807, 2.05) is 18.2 Å². The fourth-order valence-electron chi connectivity index (χ4n) is 1.54. The third kappa shape index (κ3) is 1.51. The second-order valence-electron chi connectivity index (χ2n) is 3.16. The molecule has 0 aliphatic carbocycles. The van der Waals surface area contributed by atoms with E-state index < -0.39 is 6.04 Å². The number of nitriles is 1. The average Bonchev–Trinajstić information content (AvgIpc) is 2.16. The van der Waals surface area contributed by atoms with Gasteiger partial charge in [-0.3, -0.25) is 4.79 Å². The Balaban J connectivity index is 2.46. The van der Waals surface area contributed by atoms with Crippen molar-refractivity contribution in [2.24, 2.45) is 0 Å². The Kier molecular flexibility index (Phi) is 2.26. The molecule has 1 amide bonds. The van der Waals surface area contributed by atoms with E-state index in [0.29, 0.717) is 12.0 Å².